The first kappa shape index (κ1) is 17.8. The number of allylic oxidation sites excluding steroid dienone is 2. The maximum absolute atomic E-state index is 12.3. The molecule has 2 heterocycles. The molecule has 0 aromatic carbocycles. The number of nitrogens with zero attached hydrogens (tertiary/aromatic N) is 3. The summed E-state index contributed by atoms with van der Waals surface area (Å²) in [5, 5.41) is 3.59. The molecule has 26 heavy (non-hydrogen) atoms. The highest BCUT2D eigenvalue weighted by Gasteiger charge is 2.46. The number of likely N-dealkylation sites (tertiary alicyclic amines) is 1. The Morgan fingerprint density at radius 1 is 1.19 bits per heavy atom. The van der Waals surface area contributed by atoms with Crippen LogP contribution < -0.4 is 5.73 Å². The van der Waals surface area contributed by atoms with Gasteiger partial charge in [0.25, 0.3) is 0 Å². The molecule has 1 aromatic heterocycles. The van der Waals surface area contributed by atoms with E-state index >= 15 is 0 Å². The number of nitrogens with two attached hydrogens (primary N) is 1. The number of fused-ring (bicyclic) bond motifs is 1. The smallest absolute Gasteiger partial charge is 0.335 e. The average molecular weight is 356 g/mol. The van der Waals surface area contributed by atoms with Crippen LogP contribution in [0.4, 0.5) is 0 Å². The molecule has 2 N–H and O–H groups in total. The second-order valence-corrected chi connectivity index (χ2v) is 6.26. The Morgan fingerprint density at radius 2 is 1.81 bits per heavy atom. The third kappa shape index (κ3) is 3.79. The molecule has 1 aliphatic carbocycles. The minimum atomic E-state index is -0.569. The third-order valence-corrected chi connectivity index (χ3v) is 4.58. The molecule has 3 rings (SSSR count). The van der Waals surface area contributed by atoms with Gasteiger partial charge in [0.15, 0.2) is 5.84 Å². The second-order valence-electron chi connectivity index (χ2n) is 6.26. The number of oxime groups is 1. The topological polar surface area (TPSA) is 115 Å². The molecule has 1 fully saturated rings. The lowest BCUT2D eigenvalue weighted by Gasteiger charge is -2.14. The summed E-state index contributed by atoms with van der Waals surface area (Å²) in [7, 11) is 0. The molecule has 2 amide bonds. The van der Waals surface area contributed by atoms with Crippen molar-refractivity contribution >= 4 is 23.6 Å². The molecular weight excluding hydrogens is 336 g/mol. The number of pyridine rings is 1. The van der Waals surface area contributed by atoms with Crippen molar-refractivity contribution in [3.8, 4) is 0 Å². The Hall–Kier alpha value is -3.03. The normalized spacial score (nSPS) is 22.5. The molecule has 1 aromatic rings. The minimum Gasteiger partial charge on any atom is -0.380 e. The summed E-state index contributed by atoms with van der Waals surface area (Å²) in [4.78, 5) is 46.3. The first-order valence-corrected chi connectivity index (χ1v) is 8.52. The lowest BCUT2D eigenvalue weighted by Crippen LogP contribution is -2.32. The van der Waals surface area contributed by atoms with Crippen molar-refractivity contribution in [3.63, 3.8) is 0 Å². The zero-order chi connectivity index (χ0) is 18.5. The van der Waals surface area contributed by atoms with Crippen LogP contribution in [0.1, 0.15) is 31.2 Å². The molecule has 1 aliphatic heterocycles. The molecule has 8 heteroatoms. The van der Waals surface area contributed by atoms with Crippen molar-refractivity contribution in [3.05, 3.63) is 42.2 Å². The van der Waals surface area contributed by atoms with Crippen LogP contribution in [-0.2, 0) is 19.2 Å². The predicted molar refractivity (Wildman–Crippen MR) is 92.4 cm³/mol. The number of amides is 2. The van der Waals surface area contributed by atoms with E-state index in [4.69, 9.17) is 10.6 Å². The van der Waals surface area contributed by atoms with E-state index in [1.54, 1.807) is 24.5 Å². The molecule has 0 saturated carbocycles. The van der Waals surface area contributed by atoms with E-state index < -0.39 is 5.97 Å². The summed E-state index contributed by atoms with van der Waals surface area (Å²) < 4.78 is 0. The Kier molecular flexibility index (Phi) is 5.40. The van der Waals surface area contributed by atoms with Gasteiger partial charge in [-0.1, -0.05) is 17.3 Å². The van der Waals surface area contributed by atoms with E-state index in [0.717, 1.165) is 0 Å². The lowest BCUT2D eigenvalue weighted by atomic mass is 9.85. The van der Waals surface area contributed by atoms with Crippen molar-refractivity contribution in [2.24, 2.45) is 22.7 Å². The van der Waals surface area contributed by atoms with Gasteiger partial charge in [0.05, 0.1) is 11.8 Å². The van der Waals surface area contributed by atoms with Gasteiger partial charge in [-0.2, -0.15) is 0 Å². The number of rotatable bonds is 6. The zero-order valence-corrected chi connectivity index (χ0v) is 14.2. The second kappa shape index (κ2) is 7.90. The fourth-order valence-corrected chi connectivity index (χ4v) is 3.19. The molecule has 0 unspecified atom stereocenters. The van der Waals surface area contributed by atoms with Crippen LogP contribution in [0.15, 0.2) is 41.8 Å². The molecule has 0 bridgehead atoms. The first-order valence-electron chi connectivity index (χ1n) is 8.52. The molecule has 2 aliphatic rings. The van der Waals surface area contributed by atoms with Gasteiger partial charge in [0.2, 0.25) is 11.8 Å². The van der Waals surface area contributed by atoms with Gasteiger partial charge in [-0.15, -0.1) is 0 Å². The monoisotopic (exact) mass is 356 g/mol. The van der Waals surface area contributed by atoms with E-state index in [-0.39, 0.29) is 42.5 Å². The summed E-state index contributed by atoms with van der Waals surface area (Å²) >= 11 is 0. The van der Waals surface area contributed by atoms with Gasteiger partial charge < -0.3 is 10.6 Å². The molecule has 8 nitrogen and oxygen atoms in total. The van der Waals surface area contributed by atoms with E-state index in [1.807, 2.05) is 12.2 Å². The summed E-state index contributed by atoms with van der Waals surface area (Å²) in [6.45, 7) is 0.212. The lowest BCUT2D eigenvalue weighted by molar-refractivity contribution is -0.145. The number of carbonyl (C=O) groups excluding carboxylic acids is 3. The van der Waals surface area contributed by atoms with Gasteiger partial charge in [-0.05, 0) is 31.4 Å². The standard InChI is InChI=1S/C18H20N4O4/c19-16(12-7-9-20-10-8-12)21-26-15(23)6-3-11-22-17(24)13-4-1-2-5-14(13)18(22)25/h1-2,7-10,13-14H,3-6,11H2,(H2,19,21)/t13-,14+. The highest BCUT2D eigenvalue weighted by atomic mass is 16.7. The quantitative estimate of drug-likeness (QED) is 0.203. The van der Waals surface area contributed by atoms with Crippen LogP contribution in [-0.4, -0.2) is 40.0 Å². The molecule has 1 saturated heterocycles. The van der Waals surface area contributed by atoms with Crippen LogP contribution in [0.25, 0.3) is 0 Å². The highest BCUT2D eigenvalue weighted by Crippen LogP contribution is 2.35. The number of carbonyl (C=O) groups is 3. The van der Waals surface area contributed by atoms with Gasteiger partial charge in [-0.25, -0.2) is 4.79 Å². The minimum absolute atomic E-state index is 0.0395. The van der Waals surface area contributed by atoms with Gasteiger partial charge >= 0.3 is 5.97 Å². The van der Waals surface area contributed by atoms with Crippen molar-refractivity contribution in [1.82, 2.24) is 9.88 Å². The fourth-order valence-electron chi connectivity index (χ4n) is 3.19. The molecule has 0 spiro atoms. The van der Waals surface area contributed by atoms with Crippen molar-refractivity contribution < 1.29 is 19.2 Å². The fraction of sp³-hybridized carbons (Fsp3) is 0.389. The summed E-state index contributed by atoms with van der Waals surface area (Å²) in [5.41, 5.74) is 6.31. The number of hydrogen-bond donors (Lipinski definition) is 1. The van der Waals surface area contributed by atoms with E-state index in [0.29, 0.717) is 24.8 Å². The summed E-state index contributed by atoms with van der Waals surface area (Å²) in [5.74, 6) is -1.27. The molecule has 2 atom stereocenters. The zero-order valence-electron chi connectivity index (χ0n) is 14.2. The van der Waals surface area contributed by atoms with Crippen LogP contribution in [0.5, 0.6) is 0 Å². The van der Waals surface area contributed by atoms with E-state index in [9.17, 15) is 14.4 Å². The van der Waals surface area contributed by atoms with Crippen molar-refractivity contribution in [2.75, 3.05) is 6.54 Å². The number of aromatic nitrogens is 1. The number of hydrogen-bond acceptors (Lipinski definition) is 6. The van der Waals surface area contributed by atoms with Crippen molar-refractivity contribution in [1.29, 1.82) is 0 Å². The number of amidine groups is 1. The predicted octanol–water partition coefficient (Wildman–Crippen LogP) is 0.976. The maximum Gasteiger partial charge on any atom is 0.335 e. The third-order valence-electron chi connectivity index (χ3n) is 4.58. The molecule has 136 valence electrons. The van der Waals surface area contributed by atoms with Gasteiger partial charge in [0, 0.05) is 30.9 Å². The maximum atomic E-state index is 12.3. The van der Waals surface area contributed by atoms with E-state index in [1.165, 1.54) is 4.90 Å². The SMILES string of the molecule is N/C(=N\OC(=O)CCCN1C(=O)[C@H]2CC=CC[C@H]2C1=O)c1ccncc1. The largest absolute Gasteiger partial charge is 0.380 e. The molecular formula is C18H20N4O4. The Labute approximate surface area is 150 Å². The van der Waals surface area contributed by atoms with Crippen LogP contribution in [0.2, 0.25) is 0 Å². The van der Waals surface area contributed by atoms with Gasteiger partial charge in [0.1, 0.15) is 0 Å². The Morgan fingerprint density at radius 3 is 2.42 bits per heavy atom. The van der Waals surface area contributed by atoms with Crippen LogP contribution >= 0.6 is 0 Å². The summed E-state index contributed by atoms with van der Waals surface area (Å²) in [6, 6.07) is 3.29. The average Bonchev–Trinajstić information content (AvgIpc) is 2.92. The highest BCUT2D eigenvalue weighted by molar-refractivity contribution is 6.05. The van der Waals surface area contributed by atoms with Crippen LogP contribution in [0, 0.1) is 11.8 Å². The number of imide groups is 1. The van der Waals surface area contributed by atoms with Gasteiger partial charge in [-0.3, -0.25) is 19.5 Å². The van der Waals surface area contributed by atoms with Crippen molar-refractivity contribution in [2.45, 2.75) is 25.7 Å². The van der Waals surface area contributed by atoms with Crippen LogP contribution in [0.3, 0.4) is 0 Å². The molecule has 0 radical (unpaired) electrons. The Balaban J connectivity index is 1.45. The van der Waals surface area contributed by atoms with E-state index in [2.05, 4.69) is 10.1 Å². The Bertz CT molecular complexity index is 734. The summed E-state index contributed by atoms with van der Waals surface area (Å²) in [6.07, 6.45) is 8.57. The first-order chi connectivity index (χ1) is 12.6.